The van der Waals surface area contributed by atoms with Crippen molar-refractivity contribution in [1.29, 1.82) is 0 Å². The highest BCUT2D eigenvalue weighted by Gasteiger charge is 2.27. The van der Waals surface area contributed by atoms with E-state index in [2.05, 4.69) is 9.98 Å². The van der Waals surface area contributed by atoms with Crippen LogP contribution in [0.4, 0.5) is 5.69 Å². The van der Waals surface area contributed by atoms with Crippen LogP contribution in [0.3, 0.4) is 0 Å². The zero-order chi connectivity index (χ0) is 16.9. The van der Waals surface area contributed by atoms with E-state index in [1.54, 1.807) is 11.3 Å². The summed E-state index contributed by atoms with van der Waals surface area (Å²) in [5, 5.41) is 2.25. The molecule has 0 atom stereocenters. The van der Waals surface area contributed by atoms with Crippen molar-refractivity contribution in [2.24, 2.45) is 4.99 Å². The molecule has 124 valence electrons. The van der Waals surface area contributed by atoms with Crippen LogP contribution in [0.25, 0.3) is 0 Å². The maximum Gasteiger partial charge on any atom is 0.233 e. The van der Waals surface area contributed by atoms with Crippen molar-refractivity contribution in [2.45, 2.75) is 13.5 Å². The van der Waals surface area contributed by atoms with Crippen molar-refractivity contribution in [1.82, 2.24) is 14.9 Å². The predicted molar refractivity (Wildman–Crippen MR) is 91.8 cm³/mol. The molecule has 24 heavy (non-hydrogen) atoms. The van der Waals surface area contributed by atoms with Crippen molar-refractivity contribution in [3.63, 3.8) is 0 Å². The number of carbonyl (C=O) groups excluding carboxylic acids is 1. The van der Waals surface area contributed by atoms with Gasteiger partial charge in [0.15, 0.2) is 0 Å². The van der Waals surface area contributed by atoms with Gasteiger partial charge in [0.25, 0.3) is 0 Å². The van der Waals surface area contributed by atoms with Crippen molar-refractivity contribution in [3.8, 4) is 0 Å². The van der Waals surface area contributed by atoms with Crippen LogP contribution >= 0.6 is 11.6 Å². The molecule has 0 bridgehead atoms. The molecule has 1 fully saturated rings. The average Bonchev–Trinajstić information content (AvgIpc) is 3.00. The molecule has 0 unspecified atom stereocenters. The van der Waals surface area contributed by atoms with E-state index in [9.17, 15) is 4.79 Å². The van der Waals surface area contributed by atoms with Crippen LogP contribution in [-0.2, 0) is 16.2 Å². The fourth-order valence-electron chi connectivity index (χ4n) is 2.34. The molecule has 0 spiro atoms. The van der Waals surface area contributed by atoms with Gasteiger partial charge in [0.1, 0.15) is 6.61 Å². The molecule has 1 saturated heterocycles. The molecule has 7 heteroatoms. The summed E-state index contributed by atoms with van der Waals surface area (Å²) in [5.74, 6) is 0.450. The van der Waals surface area contributed by atoms with Crippen LogP contribution in [0.5, 0.6) is 0 Å². The van der Waals surface area contributed by atoms with E-state index in [0.717, 1.165) is 17.7 Å². The largest absolute Gasteiger partial charge is 0.281 e. The van der Waals surface area contributed by atoms with Gasteiger partial charge in [-0.15, -0.1) is 0 Å². The number of hydrogen-bond acceptors (Lipinski definition) is 4. The smallest absolute Gasteiger partial charge is 0.233 e. The molecule has 1 amide bonds. The lowest BCUT2D eigenvalue weighted by atomic mass is 10.2. The highest BCUT2D eigenvalue weighted by molar-refractivity contribution is 6.31. The van der Waals surface area contributed by atoms with Crippen molar-refractivity contribution in [3.05, 3.63) is 58.9 Å². The second-order valence-corrected chi connectivity index (χ2v) is 5.70. The maximum atomic E-state index is 11.3. The standard InChI is InChI=1S/C17H17ClN4O2/c1-13-15(18)6-4-7-16(13)20-17-21(12-23)9-10-22(17)24-11-14-5-2-3-8-19-14/h2-8,12H,9-11H2,1H3. The molecule has 0 saturated carbocycles. The van der Waals surface area contributed by atoms with Gasteiger partial charge in [-0.2, -0.15) is 0 Å². The Balaban J connectivity index is 1.82. The number of amides is 1. The van der Waals surface area contributed by atoms with Gasteiger partial charge >= 0.3 is 0 Å². The number of aromatic nitrogens is 1. The molecular formula is C17H17ClN4O2. The summed E-state index contributed by atoms with van der Waals surface area (Å²) < 4.78 is 0. The summed E-state index contributed by atoms with van der Waals surface area (Å²) >= 11 is 6.14. The number of aliphatic imine (C=N–C) groups is 1. The van der Waals surface area contributed by atoms with Gasteiger partial charge < -0.3 is 0 Å². The minimum absolute atomic E-state index is 0.307. The Kier molecular flexibility index (Phi) is 5.08. The maximum absolute atomic E-state index is 11.3. The van der Waals surface area contributed by atoms with Gasteiger partial charge in [0.2, 0.25) is 12.4 Å². The molecule has 0 aliphatic carbocycles. The van der Waals surface area contributed by atoms with E-state index in [4.69, 9.17) is 16.4 Å². The Labute approximate surface area is 145 Å². The molecule has 1 aromatic heterocycles. The Bertz CT molecular complexity index is 752. The molecule has 6 nitrogen and oxygen atoms in total. The summed E-state index contributed by atoms with van der Waals surface area (Å²) in [6, 6.07) is 11.1. The van der Waals surface area contributed by atoms with Gasteiger partial charge in [0.05, 0.1) is 17.9 Å². The number of hydroxylamine groups is 2. The number of guanidine groups is 1. The Morgan fingerprint density at radius 1 is 1.29 bits per heavy atom. The molecule has 3 rings (SSSR count). The number of carbonyl (C=O) groups is 1. The molecule has 2 heterocycles. The SMILES string of the molecule is Cc1c(Cl)cccc1N=C1N(C=O)CCN1OCc1ccccn1. The van der Waals surface area contributed by atoms with Gasteiger partial charge in [-0.3, -0.25) is 19.5 Å². The van der Waals surface area contributed by atoms with Crippen LogP contribution < -0.4 is 0 Å². The molecular weight excluding hydrogens is 328 g/mol. The molecule has 0 N–H and O–H groups in total. The van der Waals surface area contributed by atoms with Crippen molar-refractivity contribution in [2.75, 3.05) is 13.1 Å². The van der Waals surface area contributed by atoms with E-state index < -0.39 is 0 Å². The van der Waals surface area contributed by atoms with E-state index >= 15 is 0 Å². The second-order valence-electron chi connectivity index (χ2n) is 5.29. The third-order valence-corrected chi connectivity index (χ3v) is 4.11. The summed E-state index contributed by atoms with van der Waals surface area (Å²) in [4.78, 5) is 27.4. The van der Waals surface area contributed by atoms with Gasteiger partial charge in [-0.1, -0.05) is 23.7 Å². The quantitative estimate of drug-likeness (QED) is 0.782. The molecule has 1 aromatic carbocycles. The lowest BCUT2D eigenvalue weighted by molar-refractivity contribution is -0.115. The van der Waals surface area contributed by atoms with E-state index in [1.165, 1.54) is 4.90 Å². The monoisotopic (exact) mass is 344 g/mol. The molecule has 1 aliphatic heterocycles. The summed E-state index contributed by atoms with van der Waals surface area (Å²) in [6.45, 7) is 3.26. The van der Waals surface area contributed by atoms with Crippen LogP contribution in [0, 0.1) is 6.92 Å². The number of rotatable bonds is 5. The van der Waals surface area contributed by atoms with Crippen LogP contribution in [0.2, 0.25) is 5.02 Å². The zero-order valence-electron chi connectivity index (χ0n) is 13.2. The second kappa shape index (κ2) is 7.42. The number of halogens is 1. The first-order chi connectivity index (χ1) is 11.7. The van der Waals surface area contributed by atoms with E-state index in [-0.39, 0.29) is 0 Å². The van der Waals surface area contributed by atoms with Crippen LogP contribution in [-0.4, -0.2) is 40.4 Å². The summed E-state index contributed by atoms with van der Waals surface area (Å²) in [6.07, 6.45) is 2.47. The molecule has 2 aromatic rings. The first-order valence-electron chi connectivity index (χ1n) is 7.55. The van der Waals surface area contributed by atoms with Gasteiger partial charge in [-0.05, 0) is 36.8 Å². The summed E-state index contributed by atoms with van der Waals surface area (Å²) in [7, 11) is 0. The first-order valence-corrected chi connectivity index (χ1v) is 7.93. The van der Waals surface area contributed by atoms with Crippen LogP contribution in [0.15, 0.2) is 47.6 Å². The average molecular weight is 345 g/mol. The first kappa shape index (κ1) is 16.4. The number of pyridine rings is 1. The van der Waals surface area contributed by atoms with E-state index in [0.29, 0.717) is 36.4 Å². The Morgan fingerprint density at radius 3 is 2.92 bits per heavy atom. The Hall–Kier alpha value is -2.44. The third kappa shape index (κ3) is 3.55. The highest BCUT2D eigenvalue weighted by Crippen LogP contribution is 2.27. The predicted octanol–water partition coefficient (Wildman–Crippen LogP) is 2.94. The lowest BCUT2D eigenvalue weighted by Crippen LogP contribution is -2.32. The van der Waals surface area contributed by atoms with Crippen molar-refractivity contribution >= 4 is 29.7 Å². The lowest BCUT2D eigenvalue weighted by Gasteiger charge is -2.19. The molecule has 0 radical (unpaired) electrons. The normalized spacial score (nSPS) is 16.0. The summed E-state index contributed by atoms with van der Waals surface area (Å²) in [5.41, 5.74) is 2.37. The Morgan fingerprint density at radius 2 is 2.17 bits per heavy atom. The highest BCUT2D eigenvalue weighted by atomic mass is 35.5. The fraction of sp³-hybridized carbons (Fsp3) is 0.235. The van der Waals surface area contributed by atoms with Gasteiger partial charge in [0, 0.05) is 17.8 Å². The topological polar surface area (TPSA) is 58.0 Å². The minimum Gasteiger partial charge on any atom is -0.281 e. The third-order valence-electron chi connectivity index (χ3n) is 3.71. The van der Waals surface area contributed by atoms with Crippen molar-refractivity contribution < 1.29 is 9.63 Å². The van der Waals surface area contributed by atoms with Crippen LogP contribution in [0.1, 0.15) is 11.3 Å². The number of hydrogen-bond donors (Lipinski definition) is 0. The molecule has 1 aliphatic rings. The van der Waals surface area contributed by atoms with Gasteiger partial charge in [-0.25, -0.2) is 10.1 Å². The van der Waals surface area contributed by atoms with E-state index in [1.807, 2.05) is 43.3 Å². The number of nitrogens with zero attached hydrogens (tertiary/aromatic N) is 4. The zero-order valence-corrected chi connectivity index (χ0v) is 14.0. The fourth-order valence-corrected chi connectivity index (χ4v) is 2.51. The minimum atomic E-state index is 0.307. The number of benzene rings is 1.